The Kier molecular flexibility index (Phi) is 5.15. The second kappa shape index (κ2) is 7.95. The number of hydrazine groups is 1. The lowest BCUT2D eigenvalue weighted by molar-refractivity contribution is 0.0865. The molecule has 1 aromatic heterocycles. The van der Waals surface area contributed by atoms with Crippen LogP contribution in [0, 0.1) is 0 Å². The van der Waals surface area contributed by atoms with E-state index in [1.165, 1.54) is 0 Å². The average Bonchev–Trinajstić information content (AvgIpc) is 3.20. The van der Waals surface area contributed by atoms with Gasteiger partial charge in [-0.2, -0.15) is 5.10 Å². The zero-order chi connectivity index (χ0) is 20.7. The van der Waals surface area contributed by atoms with E-state index in [1.54, 1.807) is 23.2 Å². The van der Waals surface area contributed by atoms with E-state index in [4.69, 9.17) is 27.9 Å². The monoisotopic (exact) mass is 442 g/mol. The number of para-hydroxylation sites is 1. The normalized spacial score (nSPS) is 15.8. The number of hydrogen-bond donors (Lipinski definition) is 1. The minimum absolute atomic E-state index is 0.195. The quantitative estimate of drug-likeness (QED) is 0.595. The number of halogens is 2. The third kappa shape index (κ3) is 3.35. The topological polar surface area (TPSA) is 61.5 Å². The number of anilines is 1. The van der Waals surface area contributed by atoms with Crippen molar-refractivity contribution in [2.24, 2.45) is 0 Å². The Morgan fingerprint density at radius 2 is 1.90 bits per heavy atom. The molecule has 0 bridgehead atoms. The van der Waals surface area contributed by atoms with Crippen LogP contribution in [0.5, 0.6) is 5.75 Å². The van der Waals surface area contributed by atoms with E-state index in [2.05, 4.69) is 15.2 Å². The Balaban J connectivity index is 1.57. The van der Waals surface area contributed by atoms with Gasteiger partial charge in [0, 0.05) is 29.2 Å². The summed E-state index contributed by atoms with van der Waals surface area (Å²) in [5.74, 6) is 0.472. The number of hydrogen-bond acceptors (Lipinski definition) is 4. The first-order valence-electron chi connectivity index (χ1n) is 9.97. The standard InChI is InChI=1S/C22H20Cl2N4O2/c23-14-8-9-15-19(12-14)30-13-16-20(15)25-26-21(16)22(29)28(27-10-4-1-5-11-27)18-7-3-2-6-17(18)24/h2-3,6-9,12H,1,4-5,10-11,13H2,(H,25,26). The zero-order valence-corrected chi connectivity index (χ0v) is 17.7. The van der Waals surface area contributed by atoms with E-state index in [1.807, 2.05) is 24.3 Å². The molecule has 3 aromatic rings. The molecule has 0 saturated carbocycles. The molecule has 6 nitrogen and oxygen atoms in total. The van der Waals surface area contributed by atoms with Crippen LogP contribution in [0.1, 0.15) is 35.3 Å². The Hall–Kier alpha value is -2.54. The van der Waals surface area contributed by atoms with E-state index < -0.39 is 0 Å². The number of ether oxygens (including phenoxy) is 1. The highest BCUT2D eigenvalue weighted by molar-refractivity contribution is 6.34. The molecule has 0 radical (unpaired) electrons. The maximum atomic E-state index is 13.8. The fourth-order valence-corrected chi connectivity index (χ4v) is 4.44. The smallest absolute Gasteiger partial charge is 0.291 e. The van der Waals surface area contributed by atoms with Crippen LogP contribution >= 0.6 is 23.2 Å². The van der Waals surface area contributed by atoms with Gasteiger partial charge in [-0.05, 0) is 43.2 Å². The Labute approximate surface area is 184 Å². The Bertz CT molecular complexity index is 1110. The minimum Gasteiger partial charge on any atom is -0.488 e. The number of H-pyrrole nitrogens is 1. The highest BCUT2D eigenvalue weighted by Gasteiger charge is 2.33. The third-order valence-electron chi connectivity index (χ3n) is 5.54. The lowest BCUT2D eigenvalue weighted by Crippen LogP contribution is -2.49. The lowest BCUT2D eigenvalue weighted by Gasteiger charge is -2.37. The van der Waals surface area contributed by atoms with E-state index in [0.717, 1.165) is 43.5 Å². The van der Waals surface area contributed by atoms with E-state index in [-0.39, 0.29) is 12.5 Å². The highest BCUT2D eigenvalue weighted by atomic mass is 35.5. The molecule has 1 amide bonds. The van der Waals surface area contributed by atoms with Gasteiger partial charge in [0.05, 0.1) is 10.7 Å². The molecule has 5 rings (SSSR count). The first-order valence-corrected chi connectivity index (χ1v) is 10.7. The largest absolute Gasteiger partial charge is 0.488 e. The Morgan fingerprint density at radius 1 is 1.10 bits per heavy atom. The fourth-order valence-electron chi connectivity index (χ4n) is 4.06. The van der Waals surface area contributed by atoms with Crippen molar-refractivity contribution in [2.45, 2.75) is 25.9 Å². The van der Waals surface area contributed by atoms with Gasteiger partial charge in [-0.3, -0.25) is 9.89 Å². The van der Waals surface area contributed by atoms with E-state index >= 15 is 0 Å². The van der Waals surface area contributed by atoms with Gasteiger partial charge in [0.1, 0.15) is 23.7 Å². The van der Waals surface area contributed by atoms with Gasteiger partial charge in [-0.15, -0.1) is 0 Å². The molecule has 30 heavy (non-hydrogen) atoms. The summed E-state index contributed by atoms with van der Waals surface area (Å²) in [6.45, 7) is 1.84. The zero-order valence-electron chi connectivity index (χ0n) is 16.2. The Morgan fingerprint density at radius 3 is 2.70 bits per heavy atom. The summed E-state index contributed by atoms with van der Waals surface area (Å²) >= 11 is 12.6. The number of fused-ring (bicyclic) bond motifs is 3. The first-order chi connectivity index (χ1) is 14.6. The molecule has 3 heterocycles. The van der Waals surface area contributed by atoms with Crippen molar-refractivity contribution in [3.63, 3.8) is 0 Å². The molecule has 2 aliphatic heterocycles. The molecule has 0 unspecified atom stereocenters. The first kappa shape index (κ1) is 19.4. The number of nitrogens with zero attached hydrogens (tertiary/aromatic N) is 3. The molecule has 0 aliphatic carbocycles. The van der Waals surface area contributed by atoms with Crippen LogP contribution in [-0.2, 0) is 6.61 Å². The molecule has 1 N–H and O–H groups in total. The summed E-state index contributed by atoms with van der Waals surface area (Å²) in [5, 5.41) is 12.3. The number of aromatic amines is 1. The highest BCUT2D eigenvalue weighted by Crippen LogP contribution is 2.39. The molecule has 0 spiro atoms. The van der Waals surface area contributed by atoms with Crippen molar-refractivity contribution in [1.82, 2.24) is 15.2 Å². The lowest BCUT2D eigenvalue weighted by atomic mass is 10.0. The molecule has 1 saturated heterocycles. The van der Waals surface area contributed by atoms with Crippen molar-refractivity contribution in [3.8, 4) is 17.0 Å². The summed E-state index contributed by atoms with van der Waals surface area (Å²) in [6.07, 6.45) is 3.23. The van der Waals surface area contributed by atoms with Crippen LogP contribution in [0.25, 0.3) is 11.3 Å². The van der Waals surface area contributed by atoms with Gasteiger partial charge < -0.3 is 4.74 Å². The number of carbonyl (C=O) groups is 1. The van der Waals surface area contributed by atoms with Crippen molar-refractivity contribution in [2.75, 3.05) is 18.1 Å². The third-order valence-corrected chi connectivity index (χ3v) is 6.09. The number of carbonyl (C=O) groups excluding carboxylic acids is 1. The van der Waals surface area contributed by atoms with Gasteiger partial charge in [-0.25, -0.2) is 10.0 Å². The van der Waals surface area contributed by atoms with Crippen LogP contribution in [0.4, 0.5) is 5.69 Å². The van der Waals surface area contributed by atoms with Gasteiger partial charge in [0.15, 0.2) is 0 Å². The van der Waals surface area contributed by atoms with Gasteiger partial charge >= 0.3 is 0 Å². The fraction of sp³-hybridized carbons (Fsp3) is 0.273. The molecular weight excluding hydrogens is 423 g/mol. The van der Waals surface area contributed by atoms with Crippen LogP contribution in [0.15, 0.2) is 42.5 Å². The molecule has 2 aliphatic rings. The van der Waals surface area contributed by atoms with Crippen molar-refractivity contribution >= 4 is 34.8 Å². The van der Waals surface area contributed by atoms with E-state index in [0.29, 0.717) is 32.9 Å². The number of piperidine rings is 1. The average molecular weight is 443 g/mol. The van der Waals surface area contributed by atoms with Gasteiger partial charge in [0.25, 0.3) is 5.91 Å². The van der Waals surface area contributed by atoms with Crippen LogP contribution in [-0.4, -0.2) is 34.2 Å². The van der Waals surface area contributed by atoms with Crippen molar-refractivity contribution in [3.05, 3.63) is 63.8 Å². The molecule has 8 heteroatoms. The molecular formula is C22H20Cl2N4O2. The second-order valence-electron chi connectivity index (χ2n) is 7.44. The maximum Gasteiger partial charge on any atom is 0.291 e. The van der Waals surface area contributed by atoms with Crippen molar-refractivity contribution < 1.29 is 9.53 Å². The molecule has 0 atom stereocenters. The van der Waals surface area contributed by atoms with Crippen molar-refractivity contribution in [1.29, 1.82) is 0 Å². The summed E-state index contributed by atoms with van der Waals surface area (Å²) in [4.78, 5) is 13.8. The van der Waals surface area contributed by atoms with Crippen LogP contribution in [0.3, 0.4) is 0 Å². The maximum absolute atomic E-state index is 13.8. The molecule has 1 fully saturated rings. The minimum atomic E-state index is -0.195. The summed E-state index contributed by atoms with van der Waals surface area (Å²) in [6, 6.07) is 12.8. The summed E-state index contributed by atoms with van der Waals surface area (Å²) < 4.78 is 5.88. The molecule has 2 aromatic carbocycles. The van der Waals surface area contributed by atoms with E-state index in [9.17, 15) is 4.79 Å². The number of aromatic nitrogens is 2. The number of nitrogens with one attached hydrogen (secondary N) is 1. The number of benzene rings is 2. The van der Waals surface area contributed by atoms with Crippen LogP contribution in [0.2, 0.25) is 10.0 Å². The summed E-state index contributed by atoms with van der Waals surface area (Å²) in [5.41, 5.74) is 3.35. The SMILES string of the molecule is O=C(c1[nH]nc2c1COc1cc(Cl)ccc1-2)N(c1ccccc1Cl)N1CCCCC1. The van der Waals surface area contributed by atoms with Gasteiger partial charge in [0.2, 0.25) is 0 Å². The predicted octanol–water partition coefficient (Wildman–Crippen LogP) is 5.32. The number of amides is 1. The van der Waals surface area contributed by atoms with Gasteiger partial charge in [-0.1, -0.05) is 41.8 Å². The van der Waals surface area contributed by atoms with Crippen LogP contribution < -0.4 is 9.75 Å². The predicted molar refractivity (Wildman–Crippen MR) is 117 cm³/mol. The number of rotatable bonds is 3. The molecule has 154 valence electrons. The second-order valence-corrected chi connectivity index (χ2v) is 8.28. The summed E-state index contributed by atoms with van der Waals surface area (Å²) in [7, 11) is 0.